The van der Waals surface area contributed by atoms with E-state index in [1.165, 1.54) is 4.90 Å². The number of carbonyl (C=O) groups is 4. The summed E-state index contributed by atoms with van der Waals surface area (Å²) in [6.07, 6.45) is 11.2. The van der Waals surface area contributed by atoms with E-state index >= 15 is 0 Å². The maximum Gasteiger partial charge on any atom is 0.408 e. The average molecular weight is 596 g/mol. The van der Waals surface area contributed by atoms with Crippen molar-refractivity contribution in [1.29, 1.82) is 0 Å². The van der Waals surface area contributed by atoms with Gasteiger partial charge < -0.3 is 20.3 Å². The second-order valence-corrected chi connectivity index (χ2v) is 14.2. The Morgan fingerprint density at radius 1 is 1.02 bits per heavy atom. The highest BCUT2D eigenvalue weighted by atomic mass is 32.2. The van der Waals surface area contributed by atoms with E-state index in [0.717, 1.165) is 44.9 Å². The van der Waals surface area contributed by atoms with Crippen LogP contribution in [0.3, 0.4) is 0 Å². The van der Waals surface area contributed by atoms with Gasteiger partial charge in [0.1, 0.15) is 23.2 Å². The summed E-state index contributed by atoms with van der Waals surface area (Å²) in [5.41, 5.74) is -2.14. The predicted molar refractivity (Wildman–Crippen MR) is 152 cm³/mol. The van der Waals surface area contributed by atoms with Crippen molar-refractivity contribution < 1.29 is 32.3 Å². The molecule has 12 nitrogen and oxygen atoms in total. The summed E-state index contributed by atoms with van der Waals surface area (Å²) in [6.45, 7) is 5.57. The molecule has 1 saturated heterocycles. The molecule has 0 unspecified atom stereocenters. The first-order valence-corrected chi connectivity index (χ1v) is 16.4. The van der Waals surface area contributed by atoms with Gasteiger partial charge in [-0.25, -0.2) is 9.52 Å². The third-order valence-corrected chi connectivity index (χ3v) is 9.33. The van der Waals surface area contributed by atoms with Crippen LogP contribution in [0.15, 0.2) is 12.2 Å². The number of fused-ring (bicyclic) bond motifs is 2. The second kappa shape index (κ2) is 12.7. The molecule has 4 atom stereocenters. The molecular formula is C28H45N5O7S. The van der Waals surface area contributed by atoms with E-state index in [-0.39, 0.29) is 24.3 Å². The first-order valence-electron chi connectivity index (χ1n) is 14.9. The number of carbonyl (C=O) groups excluding carboxylic acids is 4. The number of rotatable bonds is 5. The Kier molecular flexibility index (Phi) is 9.67. The molecule has 4 aliphatic rings. The highest BCUT2D eigenvalue weighted by Crippen LogP contribution is 2.45. The van der Waals surface area contributed by atoms with E-state index in [2.05, 4.69) is 20.1 Å². The molecule has 4 N–H and O–H groups in total. The van der Waals surface area contributed by atoms with Crippen molar-refractivity contribution in [2.45, 2.75) is 127 Å². The van der Waals surface area contributed by atoms with E-state index in [1.54, 1.807) is 20.8 Å². The lowest BCUT2D eigenvalue weighted by Crippen LogP contribution is -2.59. The van der Waals surface area contributed by atoms with Crippen LogP contribution in [0.5, 0.6) is 0 Å². The molecule has 230 valence electrons. The van der Waals surface area contributed by atoms with Crippen LogP contribution in [0.25, 0.3) is 0 Å². The molecule has 4 amide bonds. The van der Waals surface area contributed by atoms with Crippen LogP contribution in [0.1, 0.15) is 97.8 Å². The van der Waals surface area contributed by atoms with E-state index in [1.807, 2.05) is 12.2 Å². The number of alkyl carbamates (subject to hydrolysis) is 1. The minimum Gasteiger partial charge on any atom is -0.444 e. The van der Waals surface area contributed by atoms with Gasteiger partial charge in [-0.3, -0.25) is 14.4 Å². The van der Waals surface area contributed by atoms with Crippen molar-refractivity contribution in [2.75, 3.05) is 6.54 Å². The van der Waals surface area contributed by atoms with Crippen molar-refractivity contribution in [1.82, 2.24) is 25.0 Å². The Bertz CT molecular complexity index is 1140. The van der Waals surface area contributed by atoms with Crippen molar-refractivity contribution in [3.05, 3.63) is 12.2 Å². The van der Waals surface area contributed by atoms with Gasteiger partial charge in [0.05, 0.1) is 0 Å². The molecule has 0 aromatic carbocycles. The Morgan fingerprint density at radius 2 is 1.73 bits per heavy atom. The SMILES string of the molecule is CC(C)(C)OC(=O)N[C@H]1CCCCCC=C[C@@H]2C[C@@]2(C(=O)NS(=O)(=O)NC2CCCC2)NC(=O)[C@@H]2CCCN2C1=O. The van der Waals surface area contributed by atoms with Gasteiger partial charge in [-0.15, -0.1) is 0 Å². The van der Waals surface area contributed by atoms with Crippen molar-refractivity contribution >= 4 is 34.0 Å². The van der Waals surface area contributed by atoms with Crippen LogP contribution in [-0.4, -0.2) is 72.9 Å². The zero-order chi connectivity index (χ0) is 29.8. The zero-order valence-electron chi connectivity index (χ0n) is 24.4. The van der Waals surface area contributed by atoms with Crippen LogP contribution in [0.4, 0.5) is 4.79 Å². The Labute approximate surface area is 242 Å². The lowest BCUT2D eigenvalue weighted by Gasteiger charge is -2.30. The Balaban J connectivity index is 1.51. The highest BCUT2D eigenvalue weighted by Gasteiger charge is 2.61. The van der Waals surface area contributed by atoms with Gasteiger partial charge in [0.15, 0.2) is 0 Å². The van der Waals surface area contributed by atoms with E-state index in [4.69, 9.17) is 4.74 Å². The smallest absolute Gasteiger partial charge is 0.408 e. The fraction of sp³-hybridized carbons (Fsp3) is 0.786. The lowest BCUT2D eigenvalue weighted by molar-refractivity contribution is -0.141. The summed E-state index contributed by atoms with van der Waals surface area (Å²) < 4.78 is 35.6. The molecule has 3 fully saturated rings. The van der Waals surface area contributed by atoms with Gasteiger partial charge in [0.2, 0.25) is 11.8 Å². The summed E-state index contributed by atoms with van der Waals surface area (Å²) in [6, 6.07) is -1.90. The largest absolute Gasteiger partial charge is 0.444 e. The number of hydrogen-bond donors (Lipinski definition) is 4. The molecule has 2 aliphatic carbocycles. The monoisotopic (exact) mass is 595 g/mol. The maximum absolute atomic E-state index is 13.7. The standard InChI is InChI=1S/C28H45N5O7S/c1-27(2,3)40-26(37)29-21-15-8-6-4-5-7-12-19-18-28(19,30-23(34)22-16-11-17-33(22)24(21)35)25(36)32-41(38,39)31-20-13-9-10-14-20/h7,12,19-22,31H,4-6,8-11,13-18H2,1-3H3,(H,29,37)(H,30,34)(H,32,36)/t19-,21+,22+,28-/m1/s1. The van der Waals surface area contributed by atoms with Gasteiger partial charge in [0.25, 0.3) is 5.91 Å². The molecule has 41 heavy (non-hydrogen) atoms. The van der Waals surface area contributed by atoms with Gasteiger partial charge in [-0.2, -0.15) is 13.1 Å². The number of ether oxygens (including phenoxy) is 1. The highest BCUT2D eigenvalue weighted by molar-refractivity contribution is 7.88. The van der Waals surface area contributed by atoms with E-state index < -0.39 is 51.3 Å². The normalized spacial score (nSPS) is 29.9. The van der Waals surface area contributed by atoms with Gasteiger partial charge >= 0.3 is 16.3 Å². The molecular weight excluding hydrogens is 550 g/mol. The minimum absolute atomic E-state index is 0.212. The molecule has 0 bridgehead atoms. The number of allylic oxidation sites excluding steroid dienone is 1. The molecule has 0 aromatic heterocycles. The fourth-order valence-electron chi connectivity index (χ4n) is 6.05. The predicted octanol–water partition coefficient (Wildman–Crippen LogP) is 2.16. The molecule has 2 aliphatic heterocycles. The number of hydrogen-bond acceptors (Lipinski definition) is 7. The Hall–Kier alpha value is -2.67. The zero-order valence-corrected chi connectivity index (χ0v) is 25.2. The van der Waals surface area contributed by atoms with Crippen molar-refractivity contribution in [3.63, 3.8) is 0 Å². The van der Waals surface area contributed by atoms with Crippen LogP contribution >= 0.6 is 0 Å². The summed E-state index contributed by atoms with van der Waals surface area (Å²) in [5, 5.41) is 5.54. The summed E-state index contributed by atoms with van der Waals surface area (Å²) in [5.74, 6) is -2.01. The van der Waals surface area contributed by atoms with Crippen LogP contribution < -0.4 is 20.1 Å². The maximum atomic E-state index is 13.7. The van der Waals surface area contributed by atoms with E-state index in [0.29, 0.717) is 32.2 Å². The van der Waals surface area contributed by atoms with Gasteiger partial charge in [-0.1, -0.05) is 37.8 Å². The molecule has 4 rings (SSSR count). The molecule has 0 aromatic rings. The summed E-state index contributed by atoms with van der Waals surface area (Å²) >= 11 is 0. The van der Waals surface area contributed by atoms with E-state index in [9.17, 15) is 27.6 Å². The summed E-state index contributed by atoms with van der Waals surface area (Å²) in [7, 11) is -4.11. The third-order valence-electron chi connectivity index (χ3n) is 8.23. The topological polar surface area (TPSA) is 163 Å². The number of amides is 4. The van der Waals surface area contributed by atoms with Crippen LogP contribution in [-0.2, 0) is 29.3 Å². The summed E-state index contributed by atoms with van der Waals surface area (Å²) in [4.78, 5) is 54.7. The molecule has 0 spiro atoms. The quantitative estimate of drug-likeness (QED) is 0.354. The fourth-order valence-corrected chi connectivity index (χ4v) is 7.21. The molecule has 0 radical (unpaired) electrons. The van der Waals surface area contributed by atoms with Crippen LogP contribution in [0, 0.1) is 5.92 Å². The molecule has 2 heterocycles. The van der Waals surface area contributed by atoms with Crippen LogP contribution in [0.2, 0.25) is 0 Å². The molecule has 13 heteroatoms. The van der Waals surface area contributed by atoms with Gasteiger partial charge in [0, 0.05) is 18.5 Å². The first-order chi connectivity index (χ1) is 19.3. The van der Waals surface area contributed by atoms with Crippen molar-refractivity contribution in [3.8, 4) is 0 Å². The first kappa shape index (κ1) is 31.3. The number of nitrogens with one attached hydrogen (secondary N) is 4. The minimum atomic E-state index is -4.11. The third kappa shape index (κ3) is 8.21. The van der Waals surface area contributed by atoms with Gasteiger partial charge in [-0.05, 0) is 72.1 Å². The lowest BCUT2D eigenvalue weighted by atomic mass is 10.0. The molecule has 2 saturated carbocycles. The average Bonchev–Trinajstić information content (AvgIpc) is 3.20. The number of nitrogens with zero attached hydrogens (tertiary/aromatic N) is 1. The van der Waals surface area contributed by atoms with Crippen molar-refractivity contribution in [2.24, 2.45) is 5.92 Å². The Morgan fingerprint density at radius 3 is 2.44 bits per heavy atom. The second-order valence-electron chi connectivity index (χ2n) is 12.8.